The van der Waals surface area contributed by atoms with E-state index in [9.17, 15) is 18.0 Å². The quantitative estimate of drug-likeness (QED) is 0.408. The van der Waals surface area contributed by atoms with Crippen LogP contribution in [0.4, 0.5) is 5.69 Å². The Morgan fingerprint density at radius 1 is 1.11 bits per heavy atom. The molecule has 0 saturated heterocycles. The maximum atomic E-state index is 13.6. The highest BCUT2D eigenvalue weighted by Crippen LogP contribution is 2.26. The van der Waals surface area contributed by atoms with Crippen molar-refractivity contribution in [3.05, 3.63) is 62.5 Å². The summed E-state index contributed by atoms with van der Waals surface area (Å²) in [4.78, 5) is 28.2. The molecule has 0 spiro atoms. The fourth-order valence-corrected chi connectivity index (χ4v) is 5.93. The van der Waals surface area contributed by atoms with E-state index in [1.54, 1.807) is 49.4 Å². The summed E-state index contributed by atoms with van der Waals surface area (Å²) in [6.45, 7) is 1.19. The lowest BCUT2D eigenvalue weighted by atomic mass is 9.95. The van der Waals surface area contributed by atoms with Gasteiger partial charge in [0, 0.05) is 27.1 Å². The Kier molecular flexibility index (Phi) is 10.1. The second-order valence-electron chi connectivity index (χ2n) is 9.03. The van der Waals surface area contributed by atoms with Gasteiger partial charge in [-0.05, 0) is 55.7 Å². The predicted molar refractivity (Wildman–Crippen MR) is 148 cm³/mol. The molecular formula is C25H30BrCl2N3O4S. The van der Waals surface area contributed by atoms with Crippen molar-refractivity contribution in [1.29, 1.82) is 0 Å². The van der Waals surface area contributed by atoms with Crippen LogP contribution in [0.1, 0.15) is 44.6 Å². The SMILES string of the molecule is CC(C(=O)NC1CCCCC1)N(Cc1ccc(Cl)cc1Cl)C(=O)CN(c1cccc(Br)c1)S(C)(=O)=O. The van der Waals surface area contributed by atoms with Gasteiger partial charge in [0.2, 0.25) is 21.8 Å². The second-order valence-corrected chi connectivity index (χ2v) is 12.7. The number of carbonyl (C=O) groups excluding carboxylic acids is 2. The molecule has 2 amide bonds. The van der Waals surface area contributed by atoms with E-state index in [2.05, 4.69) is 21.2 Å². The van der Waals surface area contributed by atoms with Gasteiger partial charge < -0.3 is 10.2 Å². The van der Waals surface area contributed by atoms with Crippen LogP contribution in [-0.4, -0.2) is 50.0 Å². The lowest BCUT2D eigenvalue weighted by Crippen LogP contribution is -2.53. The van der Waals surface area contributed by atoms with Crippen molar-refractivity contribution in [2.75, 3.05) is 17.1 Å². The van der Waals surface area contributed by atoms with Crippen LogP contribution in [0.15, 0.2) is 46.9 Å². The fourth-order valence-electron chi connectivity index (χ4n) is 4.23. The van der Waals surface area contributed by atoms with Crippen molar-refractivity contribution in [3.8, 4) is 0 Å². The van der Waals surface area contributed by atoms with Crippen LogP contribution in [0.3, 0.4) is 0 Å². The average molecular weight is 619 g/mol. The van der Waals surface area contributed by atoms with Gasteiger partial charge in [0.15, 0.2) is 0 Å². The minimum atomic E-state index is -3.80. The lowest BCUT2D eigenvalue weighted by Gasteiger charge is -2.33. The molecule has 1 fully saturated rings. The highest BCUT2D eigenvalue weighted by molar-refractivity contribution is 9.10. The third-order valence-corrected chi connectivity index (χ3v) is 8.47. The molecule has 1 unspecified atom stereocenters. The minimum absolute atomic E-state index is 0.0180. The van der Waals surface area contributed by atoms with E-state index in [0.29, 0.717) is 25.8 Å². The number of amides is 2. The summed E-state index contributed by atoms with van der Waals surface area (Å²) in [6, 6.07) is 10.8. The molecule has 1 saturated carbocycles. The average Bonchev–Trinajstić information content (AvgIpc) is 2.81. The number of nitrogens with zero attached hydrogens (tertiary/aromatic N) is 2. The van der Waals surface area contributed by atoms with Gasteiger partial charge in [-0.3, -0.25) is 13.9 Å². The standard InChI is InChI=1S/C25H30BrCl2N3O4S/c1-17(25(33)29-21-8-4-3-5-9-21)30(15-18-11-12-20(27)14-23(18)28)24(32)16-31(36(2,34)35)22-10-6-7-19(26)13-22/h6-7,10-14,17,21H,3-5,8-9,15-16H2,1-2H3,(H,29,33). The van der Waals surface area contributed by atoms with Crippen LogP contribution in [0.25, 0.3) is 0 Å². The summed E-state index contributed by atoms with van der Waals surface area (Å²) in [5.41, 5.74) is 0.934. The van der Waals surface area contributed by atoms with E-state index < -0.39 is 28.5 Å². The molecule has 0 bridgehead atoms. The van der Waals surface area contributed by atoms with E-state index in [-0.39, 0.29) is 18.5 Å². The molecule has 1 aliphatic rings. The topological polar surface area (TPSA) is 86.8 Å². The highest BCUT2D eigenvalue weighted by atomic mass is 79.9. The van der Waals surface area contributed by atoms with Crippen molar-refractivity contribution >= 4 is 66.7 Å². The third kappa shape index (κ3) is 7.84. The first-order valence-corrected chi connectivity index (χ1v) is 15.1. The van der Waals surface area contributed by atoms with Gasteiger partial charge in [-0.1, -0.05) is 70.5 Å². The summed E-state index contributed by atoms with van der Waals surface area (Å²) in [5.74, 6) is -0.814. The Hall–Kier alpha value is -1.81. The van der Waals surface area contributed by atoms with Gasteiger partial charge in [-0.15, -0.1) is 0 Å². The molecule has 1 aliphatic carbocycles. The van der Waals surface area contributed by atoms with E-state index >= 15 is 0 Å². The zero-order valence-electron chi connectivity index (χ0n) is 20.2. The zero-order valence-corrected chi connectivity index (χ0v) is 24.1. The molecule has 2 aromatic carbocycles. The van der Waals surface area contributed by atoms with Gasteiger partial charge in [-0.25, -0.2) is 8.42 Å². The summed E-state index contributed by atoms with van der Waals surface area (Å²) in [6.07, 6.45) is 6.11. The van der Waals surface area contributed by atoms with Gasteiger partial charge >= 0.3 is 0 Å². The van der Waals surface area contributed by atoms with E-state index in [1.165, 1.54) is 4.90 Å². The zero-order chi connectivity index (χ0) is 26.5. The van der Waals surface area contributed by atoms with Crippen LogP contribution in [0.2, 0.25) is 10.0 Å². The number of carbonyl (C=O) groups is 2. The maximum absolute atomic E-state index is 13.6. The molecule has 0 heterocycles. The Bertz CT molecular complexity index is 1210. The van der Waals surface area contributed by atoms with Crippen LogP contribution in [0.5, 0.6) is 0 Å². The summed E-state index contributed by atoms with van der Waals surface area (Å²) in [7, 11) is -3.80. The van der Waals surface area contributed by atoms with Gasteiger partial charge in [-0.2, -0.15) is 0 Å². The molecule has 2 aromatic rings. The second kappa shape index (κ2) is 12.6. The van der Waals surface area contributed by atoms with Crippen molar-refractivity contribution < 1.29 is 18.0 Å². The third-order valence-electron chi connectivity index (χ3n) is 6.25. The first kappa shape index (κ1) is 28.8. The number of nitrogens with one attached hydrogen (secondary N) is 1. The smallest absolute Gasteiger partial charge is 0.244 e. The van der Waals surface area contributed by atoms with Crippen LogP contribution >= 0.6 is 39.1 Å². The molecule has 1 N–H and O–H groups in total. The first-order chi connectivity index (χ1) is 17.0. The number of benzene rings is 2. The highest BCUT2D eigenvalue weighted by Gasteiger charge is 2.31. The lowest BCUT2D eigenvalue weighted by molar-refractivity contribution is -0.139. The van der Waals surface area contributed by atoms with E-state index in [1.807, 2.05) is 0 Å². The van der Waals surface area contributed by atoms with Gasteiger partial charge in [0.25, 0.3) is 0 Å². The number of anilines is 1. The number of sulfonamides is 1. The molecule has 0 aliphatic heterocycles. The summed E-state index contributed by atoms with van der Waals surface area (Å²) < 4.78 is 27.0. The Morgan fingerprint density at radius 2 is 1.81 bits per heavy atom. The molecule has 7 nitrogen and oxygen atoms in total. The molecule has 1 atom stereocenters. The molecule has 196 valence electrons. The largest absolute Gasteiger partial charge is 0.352 e. The Morgan fingerprint density at radius 3 is 2.42 bits per heavy atom. The molecular weight excluding hydrogens is 589 g/mol. The molecule has 0 aromatic heterocycles. The minimum Gasteiger partial charge on any atom is -0.352 e. The molecule has 36 heavy (non-hydrogen) atoms. The predicted octanol–water partition coefficient (Wildman–Crippen LogP) is 5.39. The number of halogens is 3. The van der Waals surface area contributed by atoms with Crippen LogP contribution < -0.4 is 9.62 Å². The van der Waals surface area contributed by atoms with Gasteiger partial charge in [0.05, 0.1) is 11.9 Å². The Labute approximate surface area is 231 Å². The monoisotopic (exact) mass is 617 g/mol. The summed E-state index contributed by atoms with van der Waals surface area (Å²) >= 11 is 15.8. The maximum Gasteiger partial charge on any atom is 0.244 e. The fraction of sp³-hybridized carbons (Fsp3) is 0.440. The normalized spacial score (nSPS) is 15.2. The van der Waals surface area contributed by atoms with Gasteiger partial charge in [0.1, 0.15) is 12.6 Å². The van der Waals surface area contributed by atoms with E-state index in [4.69, 9.17) is 23.2 Å². The molecule has 0 radical (unpaired) electrons. The molecule has 11 heteroatoms. The van der Waals surface area contributed by atoms with Crippen LogP contribution in [0, 0.1) is 0 Å². The van der Waals surface area contributed by atoms with Crippen molar-refractivity contribution in [3.63, 3.8) is 0 Å². The van der Waals surface area contributed by atoms with Crippen molar-refractivity contribution in [2.45, 2.75) is 57.7 Å². The summed E-state index contributed by atoms with van der Waals surface area (Å²) in [5, 5.41) is 3.86. The van der Waals surface area contributed by atoms with E-state index in [0.717, 1.165) is 42.7 Å². The first-order valence-electron chi connectivity index (χ1n) is 11.7. The Balaban J connectivity index is 1.90. The number of hydrogen-bond donors (Lipinski definition) is 1. The number of rotatable bonds is 9. The van der Waals surface area contributed by atoms with Crippen LogP contribution in [-0.2, 0) is 26.2 Å². The van der Waals surface area contributed by atoms with Crippen molar-refractivity contribution in [1.82, 2.24) is 10.2 Å². The number of hydrogen-bond acceptors (Lipinski definition) is 4. The molecule has 3 rings (SSSR count). The van der Waals surface area contributed by atoms with Crippen molar-refractivity contribution in [2.24, 2.45) is 0 Å².